The van der Waals surface area contributed by atoms with Gasteiger partial charge in [-0.1, -0.05) is 13.8 Å². The lowest BCUT2D eigenvalue weighted by atomic mass is 10.1. The van der Waals surface area contributed by atoms with E-state index in [1.165, 1.54) is 24.0 Å². The lowest BCUT2D eigenvalue weighted by Gasteiger charge is -2.27. The molecule has 1 aromatic carbocycles. The van der Waals surface area contributed by atoms with Gasteiger partial charge in [-0.2, -0.15) is 0 Å². The van der Waals surface area contributed by atoms with E-state index in [4.69, 9.17) is 4.74 Å². The summed E-state index contributed by atoms with van der Waals surface area (Å²) in [4.78, 5) is 13.7. The first kappa shape index (κ1) is 15.0. The molecule has 0 saturated heterocycles. The van der Waals surface area contributed by atoms with E-state index in [-0.39, 0.29) is 0 Å². The monoisotopic (exact) mass is 275 g/mol. The molecule has 0 aromatic heterocycles. The molecule has 0 N–H and O–H groups in total. The average molecular weight is 275 g/mol. The van der Waals surface area contributed by atoms with Crippen LogP contribution < -0.4 is 4.74 Å². The first-order valence-corrected chi connectivity index (χ1v) is 7.62. The number of fused-ring (bicyclic) bond motifs is 1. The maximum atomic E-state index is 11.1. The third-order valence-corrected chi connectivity index (χ3v) is 4.13. The summed E-state index contributed by atoms with van der Waals surface area (Å²) in [6, 6.07) is 4.64. The number of hydrogen-bond acceptors (Lipinski definition) is 3. The van der Waals surface area contributed by atoms with Gasteiger partial charge in [-0.15, -0.1) is 0 Å². The van der Waals surface area contributed by atoms with Crippen LogP contribution in [0.2, 0.25) is 0 Å². The van der Waals surface area contributed by atoms with Crippen LogP contribution in [0.4, 0.5) is 0 Å². The minimum atomic E-state index is 0.580. The average Bonchev–Trinajstić information content (AvgIpc) is 2.88. The van der Waals surface area contributed by atoms with Gasteiger partial charge in [-0.25, -0.2) is 0 Å². The second-order valence-electron chi connectivity index (χ2n) is 5.58. The molecule has 0 amide bonds. The molecule has 1 aliphatic rings. The van der Waals surface area contributed by atoms with E-state index in [9.17, 15) is 4.79 Å². The number of hydrogen-bond donors (Lipinski definition) is 0. The Morgan fingerprint density at radius 3 is 2.30 bits per heavy atom. The third-order valence-electron chi connectivity index (χ3n) is 4.13. The Morgan fingerprint density at radius 2 is 1.80 bits per heavy atom. The Morgan fingerprint density at radius 1 is 1.20 bits per heavy atom. The van der Waals surface area contributed by atoms with Gasteiger partial charge in [0, 0.05) is 6.04 Å². The molecule has 0 saturated carbocycles. The van der Waals surface area contributed by atoms with E-state index in [0.29, 0.717) is 17.4 Å². The largest absolute Gasteiger partial charge is 0.496 e. The maximum Gasteiger partial charge on any atom is 0.153 e. The van der Waals surface area contributed by atoms with Crippen molar-refractivity contribution in [2.75, 3.05) is 20.2 Å². The number of nitrogens with zero attached hydrogens (tertiary/aromatic N) is 1. The summed E-state index contributed by atoms with van der Waals surface area (Å²) in [5.41, 5.74) is 3.33. The minimum Gasteiger partial charge on any atom is -0.496 e. The molecule has 1 atom stereocenters. The lowest BCUT2D eigenvalue weighted by Crippen LogP contribution is -2.37. The van der Waals surface area contributed by atoms with Crippen molar-refractivity contribution < 1.29 is 9.53 Å². The van der Waals surface area contributed by atoms with Crippen LogP contribution in [-0.2, 0) is 12.8 Å². The van der Waals surface area contributed by atoms with Crippen LogP contribution in [0.3, 0.4) is 0 Å². The Labute approximate surface area is 121 Å². The van der Waals surface area contributed by atoms with Gasteiger partial charge in [0.05, 0.1) is 12.7 Å². The number of benzene rings is 1. The minimum absolute atomic E-state index is 0.580. The van der Waals surface area contributed by atoms with Crippen molar-refractivity contribution in [1.29, 1.82) is 0 Å². The number of carbonyl (C=O) groups excluding carboxylic acids is 1. The maximum absolute atomic E-state index is 11.1. The Bertz CT molecular complexity index is 464. The van der Waals surface area contributed by atoms with Crippen molar-refractivity contribution >= 4 is 6.29 Å². The molecule has 1 unspecified atom stereocenters. The van der Waals surface area contributed by atoms with Gasteiger partial charge in [0.1, 0.15) is 5.75 Å². The summed E-state index contributed by atoms with van der Waals surface area (Å²) in [5.74, 6) is 0.705. The van der Waals surface area contributed by atoms with Gasteiger partial charge in [0.2, 0.25) is 0 Å². The predicted molar refractivity (Wildman–Crippen MR) is 81.7 cm³/mol. The van der Waals surface area contributed by atoms with Crippen LogP contribution in [0.15, 0.2) is 12.1 Å². The third kappa shape index (κ3) is 3.04. The number of ether oxygens (including phenoxy) is 1. The number of carbonyl (C=O) groups is 1. The topological polar surface area (TPSA) is 29.5 Å². The van der Waals surface area contributed by atoms with Gasteiger partial charge in [0.25, 0.3) is 0 Å². The molecule has 0 radical (unpaired) electrons. The molecule has 0 spiro atoms. The molecule has 0 fully saturated rings. The first-order chi connectivity index (χ1) is 9.73. The van der Waals surface area contributed by atoms with E-state index in [2.05, 4.69) is 24.8 Å². The summed E-state index contributed by atoms with van der Waals surface area (Å²) in [5, 5.41) is 0. The van der Waals surface area contributed by atoms with Gasteiger partial charge in [0.15, 0.2) is 6.29 Å². The molecular formula is C17H25NO2. The lowest BCUT2D eigenvalue weighted by molar-refractivity contribution is 0.112. The summed E-state index contributed by atoms with van der Waals surface area (Å²) in [6.07, 6.45) is 5.40. The number of aldehydes is 1. The van der Waals surface area contributed by atoms with Crippen LogP contribution in [-0.4, -0.2) is 37.4 Å². The van der Waals surface area contributed by atoms with Crippen LogP contribution >= 0.6 is 0 Å². The normalized spacial score (nSPS) is 17.3. The fraction of sp³-hybridized carbons (Fsp3) is 0.588. The molecule has 3 heteroatoms. The Hall–Kier alpha value is -1.35. The van der Waals surface area contributed by atoms with Crippen molar-refractivity contribution in [1.82, 2.24) is 4.90 Å². The highest BCUT2D eigenvalue weighted by Gasteiger charge is 2.27. The summed E-state index contributed by atoms with van der Waals surface area (Å²) < 4.78 is 5.31. The van der Waals surface area contributed by atoms with Crippen molar-refractivity contribution in [3.05, 3.63) is 28.8 Å². The molecule has 110 valence electrons. The van der Waals surface area contributed by atoms with Crippen LogP contribution in [0.25, 0.3) is 0 Å². The quantitative estimate of drug-likeness (QED) is 0.716. The van der Waals surface area contributed by atoms with E-state index in [1.807, 2.05) is 6.07 Å². The zero-order chi connectivity index (χ0) is 14.5. The molecule has 1 aromatic rings. The SMILES string of the molecule is CCCN(CCC)C1Cc2cc(C=O)c(OC)cc2C1. The smallest absolute Gasteiger partial charge is 0.153 e. The summed E-state index contributed by atoms with van der Waals surface area (Å²) >= 11 is 0. The fourth-order valence-corrected chi connectivity index (χ4v) is 3.22. The number of rotatable bonds is 7. The van der Waals surface area contributed by atoms with Gasteiger partial charge in [-0.3, -0.25) is 9.69 Å². The first-order valence-electron chi connectivity index (χ1n) is 7.62. The zero-order valence-electron chi connectivity index (χ0n) is 12.8. The zero-order valence-corrected chi connectivity index (χ0v) is 12.8. The second-order valence-corrected chi connectivity index (χ2v) is 5.58. The molecule has 0 heterocycles. The highest BCUT2D eigenvalue weighted by atomic mass is 16.5. The number of methoxy groups -OCH3 is 1. The van der Waals surface area contributed by atoms with E-state index in [0.717, 1.165) is 32.2 Å². The van der Waals surface area contributed by atoms with Gasteiger partial charge in [-0.05, 0) is 62.0 Å². The molecule has 2 rings (SSSR count). The van der Waals surface area contributed by atoms with Gasteiger partial charge >= 0.3 is 0 Å². The molecule has 20 heavy (non-hydrogen) atoms. The Balaban J connectivity index is 2.19. The van der Waals surface area contributed by atoms with Crippen LogP contribution in [0.1, 0.15) is 48.2 Å². The molecule has 1 aliphatic carbocycles. The van der Waals surface area contributed by atoms with Crippen molar-refractivity contribution in [2.24, 2.45) is 0 Å². The second kappa shape index (κ2) is 6.89. The molecule has 3 nitrogen and oxygen atoms in total. The standard InChI is InChI=1S/C17H25NO2/c1-4-6-18(7-5-2)16-9-13-8-15(12-19)17(20-3)11-14(13)10-16/h8,11-12,16H,4-7,9-10H2,1-3H3. The Kier molecular flexibility index (Phi) is 5.18. The summed E-state index contributed by atoms with van der Waals surface area (Å²) in [6.45, 7) is 6.78. The van der Waals surface area contributed by atoms with Crippen molar-refractivity contribution in [3.8, 4) is 5.75 Å². The molecule has 0 aliphatic heterocycles. The van der Waals surface area contributed by atoms with E-state index < -0.39 is 0 Å². The van der Waals surface area contributed by atoms with E-state index >= 15 is 0 Å². The highest BCUT2D eigenvalue weighted by molar-refractivity contribution is 5.80. The fourth-order valence-electron chi connectivity index (χ4n) is 3.22. The van der Waals surface area contributed by atoms with Crippen molar-refractivity contribution in [2.45, 2.75) is 45.6 Å². The summed E-state index contributed by atoms with van der Waals surface area (Å²) in [7, 11) is 1.63. The molecule has 0 bridgehead atoms. The van der Waals surface area contributed by atoms with E-state index in [1.54, 1.807) is 7.11 Å². The predicted octanol–water partition coefficient (Wildman–Crippen LogP) is 3.10. The van der Waals surface area contributed by atoms with Gasteiger partial charge < -0.3 is 4.74 Å². The van der Waals surface area contributed by atoms with Crippen LogP contribution in [0.5, 0.6) is 5.75 Å². The van der Waals surface area contributed by atoms with Crippen molar-refractivity contribution in [3.63, 3.8) is 0 Å². The highest BCUT2D eigenvalue weighted by Crippen LogP contribution is 2.31. The molecular weight excluding hydrogens is 250 g/mol. The van der Waals surface area contributed by atoms with Crippen LogP contribution in [0, 0.1) is 0 Å².